The van der Waals surface area contributed by atoms with Crippen molar-refractivity contribution in [3.63, 3.8) is 0 Å². The summed E-state index contributed by atoms with van der Waals surface area (Å²) in [4.78, 5) is 2.56. The first-order valence-electron chi connectivity index (χ1n) is 12.2. The maximum Gasteiger partial charge on any atom is 0.126 e. The van der Waals surface area contributed by atoms with E-state index < -0.39 is 15.8 Å². The Kier molecular flexibility index (Phi) is 7.64. The summed E-state index contributed by atoms with van der Waals surface area (Å²) >= 11 is 0. The number of rotatable bonds is 7. The van der Waals surface area contributed by atoms with Gasteiger partial charge in [-0.15, -0.1) is 0 Å². The molecule has 1 heterocycles. The zero-order chi connectivity index (χ0) is 24.2. The van der Waals surface area contributed by atoms with E-state index in [2.05, 4.69) is 128 Å². The van der Waals surface area contributed by atoms with Gasteiger partial charge in [0.2, 0.25) is 0 Å². The van der Waals surface area contributed by atoms with Crippen LogP contribution < -0.4 is 26.0 Å². The highest BCUT2D eigenvalue weighted by atomic mass is 31.1. The van der Waals surface area contributed by atoms with Gasteiger partial charge in [-0.3, -0.25) is 0 Å². The first-order valence-corrected chi connectivity index (χ1v) is 15.1. The van der Waals surface area contributed by atoms with Gasteiger partial charge in [0.1, 0.15) is 5.75 Å². The second-order valence-corrected chi connectivity index (χ2v) is 14.0. The van der Waals surface area contributed by atoms with E-state index in [1.54, 1.807) is 7.11 Å². The first-order chi connectivity index (χ1) is 17.2. The Balaban J connectivity index is 1.68. The fraction of sp³-hybridized carbons (Fsp3) is 0.226. The van der Waals surface area contributed by atoms with Gasteiger partial charge >= 0.3 is 0 Å². The van der Waals surface area contributed by atoms with Crippen molar-refractivity contribution < 1.29 is 4.74 Å². The molecule has 0 radical (unpaired) electrons. The number of likely N-dealkylation sites (tertiary alicyclic amines) is 1. The molecule has 0 amide bonds. The van der Waals surface area contributed by atoms with Crippen LogP contribution >= 0.6 is 15.8 Å². The van der Waals surface area contributed by atoms with E-state index in [0.717, 1.165) is 18.8 Å². The Morgan fingerprint density at radius 3 is 1.63 bits per heavy atom. The molecule has 0 aromatic heterocycles. The summed E-state index contributed by atoms with van der Waals surface area (Å²) in [5.41, 5.74) is 2.48. The van der Waals surface area contributed by atoms with Crippen molar-refractivity contribution in [1.29, 1.82) is 0 Å². The van der Waals surface area contributed by atoms with Crippen LogP contribution in [0.4, 0.5) is 0 Å². The van der Waals surface area contributed by atoms with Gasteiger partial charge in [-0.1, -0.05) is 103 Å². The highest BCUT2D eigenvalue weighted by molar-refractivity contribution is 7.77. The van der Waals surface area contributed by atoms with Crippen LogP contribution in [-0.4, -0.2) is 43.5 Å². The minimum atomic E-state index is -0.618. The van der Waals surface area contributed by atoms with E-state index >= 15 is 0 Å². The molecule has 5 rings (SSSR count). The van der Waals surface area contributed by atoms with E-state index in [1.165, 1.54) is 26.8 Å². The quantitative estimate of drug-likeness (QED) is 0.324. The van der Waals surface area contributed by atoms with Crippen LogP contribution in [0.1, 0.15) is 5.56 Å². The highest BCUT2D eigenvalue weighted by Crippen LogP contribution is 2.55. The molecule has 1 aliphatic rings. The van der Waals surface area contributed by atoms with E-state index in [0.29, 0.717) is 11.3 Å². The summed E-state index contributed by atoms with van der Waals surface area (Å²) in [6.45, 7) is 4.49. The topological polar surface area (TPSA) is 12.5 Å². The molecular weight excluding hydrogens is 464 g/mol. The van der Waals surface area contributed by atoms with Crippen molar-refractivity contribution in [2.75, 3.05) is 27.2 Å². The molecule has 0 aliphatic carbocycles. The molecule has 1 aliphatic heterocycles. The molecule has 178 valence electrons. The van der Waals surface area contributed by atoms with E-state index in [-0.39, 0.29) is 0 Å². The highest BCUT2D eigenvalue weighted by Gasteiger charge is 2.43. The Morgan fingerprint density at radius 1 is 0.629 bits per heavy atom. The molecule has 0 spiro atoms. The molecule has 4 aromatic carbocycles. The lowest BCUT2D eigenvalue weighted by Crippen LogP contribution is -2.35. The van der Waals surface area contributed by atoms with Crippen LogP contribution in [0.3, 0.4) is 0 Å². The number of benzene rings is 4. The van der Waals surface area contributed by atoms with Crippen molar-refractivity contribution in [3.8, 4) is 5.75 Å². The maximum atomic E-state index is 5.93. The average molecular weight is 498 g/mol. The summed E-state index contributed by atoms with van der Waals surface area (Å²) in [7, 11) is 2.95. The second-order valence-electron chi connectivity index (χ2n) is 9.23. The summed E-state index contributed by atoms with van der Waals surface area (Å²) < 4.78 is 5.93. The lowest BCUT2D eigenvalue weighted by molar-refractivity contribution is 0.417. The van der Waals surface area contributed by atoms with Crippen molar-refractivity contribution in [2.24, 2.45) is 0 Å². The van der Waals surface area contributed by atoms with Gasteiger partial charge in [-0.25, -0.2) is 0 Å². The number of para-hydroxylation sites is 1. The van der Waals surface area contributed by atoms with Crippen LogP contribution in [0.15, 0.2) is 109 Å². The smallest absolute Gasteiger partial charge is 0.126 e. The Labute approximate surface area is 212 Å². The Hall–Kier alpha value is -2.50. The lowest BCUT2D eigenvalue weighted by Gasteiger charge is -2.35. The number of methoxy groups -OCH3 is 1. The van der Waals surface area contributed by atoms with Crippen LogP contribution in [0.5, 0.6) is 5.75 Å². The lowest BCUT2D eigenvalue weighted by atomic mass is 10.2. The molecule has 0 bridgehead atoms. The molecule has 1 fully saturated rings. The number of nitrogens with zero attached hydrogens (tertiary/aromatic N) is 1. The van der Waals surface area contributed by atoms with Crippen molar-refractivity contribution in [2.45, 2.75) is 18.2 Å². The zero-order valence-corrected chi connectivity index (χ0v) is 22.5. The second kappa shape index (κ2) is 11.0. The average Bonchev–Trinajstić information content (AvgIpc) is 3.27. The van der Waals surface area contributed by atoms with Gasteiger partial charge in [-0.2, -0.15) is 0 Å². The fourth-order valence-electron chi connectivity index (χ4n) is 5.32. The number of aryl methyl sites for hydroxylation is 1. The largest absolute Gasteiger partial charge is 0.496 e. The molecule has 4 atom stereocenters. The van der Waals surface area contributed by atoms with Gasteiger partial charge in [0, 0.05) is 29.7 Å². The monoisotopic (exact) mass is 497 g/mol. The SMILES string of the molecule is COc1ccccc1[P@](c1ccccc1)C1CN(C)CC1P(c1ccccc1)c1ccccc1C. The van der Waals surface area contributed by atoms with Crippen molar-refractivity contribution in [1.82, 2.24) is 4.90 Å². The van der Waals surface area contributed by atoms with Gasteiger partial charge in [0.15, 0.2) is 0 Å². The van der Waals surface area contributed by atoms with Gasteiger partial charge < -0.3 is 9.64 Å². The summed E-state index contributed by atoms with van der Waals surface area (Å²) in [5.74, 6) is 1.01. The predicted octanol–water partition coefficient (Wildman–Crippen LogP) is 5.25. The third kappa shape index (κ3) is 5.07. The van der Waals surface area contributed by atoms with Gasteiger partial charge in [0.25, 0.3) is 0 Å². The first kappa shape index (κ1) is 24.2. The Bertz CT molecular complexity index is 1250. The van der Waals surface area contributed by atoms with E-state index in [9.17, 15) is 0 Å². The molecule has 0 N–H and O–H groups in total. The molecule has 4 heteroatoms. The zero-order valence-electron chi connectivity index (χ0n) is 20.7. The third-order valence-corrected chi connectivity index (χ3v) is 13.1. The van der Waals surface area contributed by atoms with Crippen LogP contribution in [0, 0.1) is 6.92 Å². The molecule has 0 saturated carbocycles. The number of hydrogen-bond donors (Lipinski definition) is 0. The predicted molar refractivity (Wildman–Crippen MR) is 155 cm³/mol. The molecular formula is C31H33NOP2. The van der Waals surface area contributed by atoms with Crippen LogP contribution in [0.25, 0.3) is 0 Å². The standard InChI is InChI=1S/C31H33NOP2/c1-24-14-10-12-20-28(24)34(25-15-6-4-7-16-25)30-22-32(2)23-31(30)35(26-17-8-5-9-18-26)29-21-13-11-19-27(29)33-3/h4-21,30-31H,22-23H2,1-3H3/t30?,31?,34?,35-/m0/s1. The number of hydrogen-bond acceptors (Lipinski definition) is 2. The van der Waals surface area contributed by atoms with Crippen molar-refractivity contribution >= 4 is 37.1 Å². The summed E-state index contributed by atoms with van der Waals surface area (Å²) in [6.07, 6.45) is 0. The van der Waals surface area contributed by atoms with E-state index in [1.807, 2.05) is 0 Å². The van der Waals surface area contributed by atoms with Crippen molar-refractivity contribution in [3.05, 3.63) is 115 Å². The van der Waals surface area contributed by atoms with Crippen LogP contribution in [0.2, 0.25) is 0 Å². The molecule has 1 saturated heterocycles. The minimum Gasteiger partial charge on any atom is -0.496 e. The molecule has 2 nitrogen and oxygen atoms in total. The van der Waals surface area contributed by atoms with Gasteiger partial charge in [0.05, 0.1) is 7.11 Å². The third-order valence-electron chi connectivity index (χ3n) is 6.89. The van der Waals surface area contributed by atoms with E-state index in [4.69, 9.17) is 4.74 Å². The Morgan fingerprint density at radius 2 is 1.09 bits per heavy atom. The van der Waals surface area contributed by atoms with Crippen LogP contribution in [-0.2, 0) is 0 Å². The summed E-state index contributed by atoms with van der Waals surface area (Å²) in [6, 6.07) is 40.1. The summed E-state index contributed by atoms with van der Waals surface area (Å²) in [5, 5.41) is 5.78. The molecule has 3 unspecified atom stereocenters. The van der Waals surface area contributed by atoms with Gasteiger partial charge in [-0.05, 0) is 57.4 Å². The minimum absolute atomic E-state index is 0.527. The molecule has 35 heavy (non-hydrogen) atoms. The normalized spacial score (nSPS) is 19.9. The molecule has 4 aromatic rings. The maximum absolute atomic E-state index is 5.93. The number of ether oxygens (including phenoxy) is 1. The fourth-order valence-corrected chi connectivity index (χ4v) is 12.3.